The molecule has 7 heteroatoms. The third-order valence-corrected chi connectivity index (χ3v) is 8.04. The van der Waals surface area contributed by atoms with Crippen LogP contribution >= 0.6 is 23.4 Å². The van der Waals surface area contributed by atoms with Crippen LogP contribution in [0.4, 0.5) is 0 Å². The summed E-state index contributed by atoms with van der Waals surface area (Å²) in [6.07, 6.45) is 4.30. The molecule has 2 aromatic carbocycles. The number of carbonyl (C=O) groups excluding carboxylic acids is 2. The molecule has 1 saturated carbocycles. The molecule has 3 unspecified atom stereocenters. The van der Waals surface area contributed by atoms with Crippen LogP contribution in [0.2, 0.25) is 5.02 Å². The molecule has 1 aliphatic heterocycles. The van der Waals surface area contributed by atoms with Gasteiger partial charge >= 0.3 is 0 Å². The topological polar surface area (TPSA) is 58.6 Å². The van der Waals surface area contributed by atoms with Crippen molar-refractivity contribution < 1.29 is 14.3 Å². The highest BCUT2D eigenvalue weighted by Crippen LogP contribution is 2.43. The normalized spacial score (nSPS) is 24.2. The maximum absolute atomic E-state index is 13.1. The molecule has 2 fully saturated rings. The van der Waals surface area contributed by atoms with Gasteiger partial charge < -0.3 is 15.0 Å². The molecule has 0 spiro atoms. The summed E-state index contributed by atoms with van der Waals surface area (Å²) in [5.74, 6) is 0.676. The average molecular weight is 471 g/mol. The highest BCUT2D eigenvalue weighted by molar-refractivity contribution is 8.04. The Balaban J connectivity index is 1.42. The first kappa shape index (κ1) is 22.7. The molecule has 1 aliphatic carbocycles. The lowest BCUT2D eigenvalue weighted by Crippen LogP contribution is -2.52. The predicted octanol–water partition coefficient (Wildman–Crippen LogP) is 4.75. The number of halogens is 1. The predicted molar refractivity (Wildman–Crippen MR) is 130 cm³/mol. The molecule has 1 N–H and O–H groups in total. The number of fused-ring (bicyclic) bond motifs is 1. The minimum absolute atomic E-state index is 0.000665. The fourth-order valence-electron chi connectivity index (χ4n) is 4.43. The van der Waals surface area contributed by atoms with Crippen molar-refractivity contribution in [2.75, 3.05) is 14.2 Å². The number of rotatable bonds is 5. The van der Waals surface area contributed by atoms with Crippen LogP contribution in [-0.2, 0) is 16.1 Å². The van der Waals surface area contributed by atoms with Crippen LogP contribution < -0.4 is 10.1 Å². The van der Waals surface area contributed by atoms with Gasteiger partial charge in [0, 0.05) is 41.4 Å². The lowest BCUT2D eigenvalue weighted by Gasteiger charge is -2.44. The average Bonchev–Trinajstić information content (AvgIpc) is 2.82. The van der Waals surface area contributed by atoms with Crippen molar-refractivity contribution >= 4 is 41.3 Å². The molecule has 5 nitrogen and oxygen atoms in total. The largest absolute Gasteiger partial charge is 0.496 e. The first-order valence-electron chi connectivity index (χ1n) is 10.8. The molecule has 3 atom stereocenters. The van der Waals surface area contributed by atoms with E-state index in [1.807, 2.05) is 66.6 Å². The number of hydrogen-bond acceptors (Lipinski definition) is 4. The number of likely N-dealkylation sites (N-methyl/N-ethyl adjacent to an activating group) is 1. The van der Waals surface area contributed by atoms with E-state index in [1.165, 1.54) is 0 Å². The van der Waals surface area contributed by atoms with E-state index < -0.39 is 0 Å². The molecule has 1 saturated heterocycles. The Morgan fingerprint density at radius 2 is 1.97 bits per heavy atom. The van der Waals surface area contributed by atoms with Crippen LogP contribution in [0.25, 0.3) is 6.08 Å². The van der Waals surface area contributed by atoms with Gasteiger partial charge in [-0.1, -0.05) is 48.0 Å². The fourth-order valence-corrected chi connectivity index (χ4v) is 6.10. The van der Waals surface area contributed by atoms with Crippen molar-refractivity contribution in [3.63, 3.8) is 0 Å². The van der Waals surface area contributed by atoms with Crippen molar-refractivity contribution in [3.05, 3.63) is 69.6 Å². The van der Waals surface area contributed by atoms with Crippen molar-refractivity contribution in [1.82, 2.24) is 10.2 Å². The Hall–Kier alpha value is -2.44. The lowest BCUT2D eigenvalue weighted by molar-refractivity contribution is -0.132. The van der Waals surface area contributed by atoms with Gasteiger partial charge in [-0.2, -0.15) is 0 Å². The number of para-hydroxylation sites is 1. The second-order valence-corrected chi connectivity index (χ2v) is 9.90. The Morgan fingerprint density at radius 3 is 2.75 bits per heavy atom. The summed E-state index contributed by atoms with van der Waals surface area (Å²) in [5, 5.41) is 3.96. The van der Waals surface area contributed by atoms with Crippen molar-refractivity contribution in [1.29, 1.82) is 0 Å². The number of benzene rings is 2. The monoisotopic (exact) mass is 470 g/mol. The quantitative estimate of drug-likeness (QED) is 0.641. The summed E-state index contributed by atoms with van der Waals surface area (Å²) in [6.45, 7) is 0.415. The molecule has 0 aromatic heterocycles. The smallest absolute Gasteiger partial charge is 0.260 e. The molecular formula is C25H27ClN2O3S. The summed E-state index contributed by atoms with van der Waals surface area (Å²) in [4.78, 5) is 28.5. The number of nitrogens with one attached hydrogen (secondary N) is 1. The van der Waals surface area contributed by atoms with Crippen LogP contribution in [0.5, 0.6) is 5.75 Å². The Bertz CT molecular complexity index is 1040. The summed E-state index contributed by atoms with van der Waals surface area (Å²) in [5.41, 5.74) is 1.80. The van der Waals surface area contributed by atoms with Crippen LogP contribution in [0.3, 0.4) is 0 Å². The molecule has 2 aliphatic rings. The molecule has 0 radical (unpaired) electrons. The number of thioether (sulfide) groups is 1. The zero-order valence-corrected chi connectivity index (χ0v) is 19.8. The second-order valence-electron chi connectivity index (χ2n) is 8.21. The number of hydrogen-bond donors (Lipinski definition) is 1. The number of carbonyl (C=O) groups is 2. The van der Waals surface area contributed by atoms with Crippen LogP contribution in [0.1, 0.15) is 30.4 Å². The third kappa shape index (κ3) is 4.81. The Kier molecular flexibility index (Phi) is 7.11. The summed E-state index contributed by atoms with van der Waals surface area (Å²) in [6, 6.07) is 15.3. The van der Waals surface area contributed by atoms with E-state index >= 15 is 0 Å². The van der Waals surface area contributed by atoms with Gasteiger partial charge in [0.1, 0.15) is 5.75 Å². The van der Waals surface area contributed by atoms with Crippen molar-refractivity contribution in [2.45, 2.75) is 37.1 Å². The van der Waals surface area contributed by atoms with E-state index in [4.69, 9.17) is 16.3 Å². The minimum atomic E-state index is -0.102. The minimum Gasteiger partial charge on any atom is -0.496 e. The van der Waals surface area contributed by atoms with Gasteiger partial charge in [-0.25, -0.2) is 0 Å². The number of amides is 2. The van der Waals surface area contributed by atoms with Gasteiger partial charge in [0.25, 0.3) is 5.91 Å². The van der Waals surface area contributed by atoms with E-state index in [2.05, 4.69) is 5.32 Å². The molecule has 1 heterocycles. The van der Waals surface area contributed by atoms with Gasteiger partial charge in [-0.3, -0.25) is 9.59 Å². The van der Waals surface area contributed by atoms with E-state index in [0.29, 0.717) is 18.0 Å². The molecule has 168 valence electrons. The Morgan fingerprint density at radius 1 is 1.22 bits per heavy atom. The zero-order chi connectivity index (χ0) is 22.7. The number of ether oxygens (including phenoxy) is 1. The standard InChI is InChI=1S/C25H27ClN2O3S/c1-28-20-13-17(24(29)27-15-18-8-3-5-9-19(18)26)11-12-22(20)32-23(25(28)30)14-16-7-4-6-10-21(16)31-2/h3-10,14,17,20,22H,11-13,15H2,1-2H3,(H,27,29)/b23-14+. The van der Waals surface area contributed by atoms with E-state index in [9.17, 15) is 9.59 Å². The number of methoxy groups -OCH3 is 1. The SMILES string of the molecule is COc1ccccc1/C=C1/SC2CCC(C(=O)NCc3ccccc3Cl)CC2N(C)C1=O. The first-order valence-corrected chi connectivity index (χ1v) is 12.0. The molecule has 2 aromatic rings. The highest BCUT2D eigenvalue weighted by atomic mass is 35.5. The first-order chi connectivity index (χ1) is 15.5. The summed E-state index contributed by atoms with van der Waals surface area (Å²) in [7, 11) is 3.48. The van der Waals surface area contributed by atoms with Gasteiger partial charge in [0.2, 0.25) is 5.91 Å². The van der Waals surface area contributed by atoms with Gasteiger partial charge in [0.15, 0.2) is 0 Å². The van der Waals surface area contributed by atoms with Crippen molar-refractivity contribution in [3.8, 4) is 5.75 Å². The van der Waals surface area contributed by atoms with Gasteiger partial charge in [0.05, 0.1) is 12.0 Å². The van der Waals surface area contributed by atoms with E-state index in [1.54, 1.807) is 18.9 Å². The summed E-state index contributed by atoms with van der Waals surface area (Å²) >= 11 is 7.83. The van der Waals surface area contributed by atoms with Gasteiger partial charge in [-0.15, -0.1) is 11.8 Å². The summed E-state index contributed by atoms with van der Waals surface area (Å²) < 4.78 is 5.43. The lowest BCUT2D eigenvalue weighted by atomic mass is 9.83. The molecule has 32 heavy (non-hydrogen) atoms. The molecular weight excluding hydrogens is 444 g/mol. The molecule has 4 rings (SSSR count). The highest BCUT2D eigenvalue weighted by Gasteiger charge is 2.42. The van der Waals surface area contributed by atoms with Crippen LogP contribution in [0.15, 0.2) is 53.4 Å². The maximum atomic E-state index is 13.1. The van der Waals surface area contributed by atoms with Gasteiger partial charge in [-0.05, 0) is 43.0 Å². The third-order valence-electron chi connectivity index (χ3n) is 6.27. The molecule has 0 bridgehead atoms. The van der Waals surface area contributed by atoms with E-state index in [-0.39, 0.29) is 29.0 Å². The van der Waals surface area contributed by atoms with Crippen LogP contribution in [0, 0.1) is 5.92 Å². The maximum Gasteiger partial charge on any atom is 0.260 e. The zero-order valence-electron chi connectivity index (χ0n) is 18.2. The van der Waals surface area contributed by atoms with Crippen LogP contribution in [-0.4, -0.2) is 42.2 Å². The molecule has 2 amide bonds. The fraction of sp³-hybridized carbons (Fsp3) is 0.360. The van der Waals surface area contributed by atoms with Crippen molar-refractivity contribution in [2.24, 2.45) is 5.92 Å². The van der Waals surface area contributed by atoms with E-state index in [0.717, 1.165) is 34.6 Å². The Labute approximate surface area is 198 Å². The number of nitrogens with zero attached hydrogens (tertiary/aromatic N) is 1. The second kappa shape index (κ2) is 10.0.